The van der Waals surface area contributed by atoms with Gasteiger partial charge >= 0.3 is 11.7 Å². The lowest BCUT2D eigenvalue weighted by Crippen LogP contribution is -2.21. The average molecular weight is 311 g/mol. The van der Waals surface area contributed by atoms with Crippen LogP contribution in [0, 0.1) is 10.1 Å². The molecule has 0 bridgehead atoms. The Labute approximate surface area is 126 Å². The normalized spacial score (nSPS) is 11.8. The molecule has 0 heterocycles. The van der Waals surface area contributed by atoms with E-state index in [1.807, 2.05) is 0 Å². The van der Waals surface area contributed by atoms with Gasteiger partial charge in [-0.25, -0.2) is 4.79 Å². The molecule has 22 heavy (non-hydrogen) atoms. The minimum atomic E-state index is -1.46. The summed E-state index contributed by atoms with van der Waals surface area (Å²) in [6, 6.07) is 2.68. The number of methoxy groups -OCH3 is 1. The number of carbonyl (C=O) groups is 2. The molecule has 1 aromatic carbocycles. The molecule has 0 aliphatic rings. The van der Waals surface area contributed by atoms with E-state index in [1.165, 1.54) is 26.2 Å². The van der Waals surface area contributed by atoms with E-state index in [2.05, 4.69) is 0 Å². The number of benzene rings is 1. The Morgan fingerprint density at radius 1 is 1.41 bits per heavy atom. The molecule has 120 valence electrons. The minimum absolute atomic E-state index is 0.111. The molecule has 1 atom stereocenters. The first-order valence-corrected chi connectivity index (χ1v) is 6.53. The van der Waals surface area contributed by atoms with E-state index in [1.54, 1.807) is 6.92 Å². The lowest BCUT2D eigenvalue weighted by molar-refractivity contribution is -0.386. The summed E-state index contributed by atoms with van der Waals surface area (Å²) in [5.74, 6) is -1.80. The first-order chi connectivity index (χ1) is 10.3. The first-order valence-electron chi connectivity index (χ1n) is 6.53. The van der Waals surface area contributed by atoms with Crippen LogP contribution in [-0.4, -0.2) is 35.0 Å². The highest BCUT2D eigenvalue weighted by Gasteiger charge is 2.29. The number of Topliss-reactive ketones (excluding diaryl/α,β-unsaturated/α-hetero) is 1. The molecule has 0 saturated carbocycles. The van der Waals surface area contributed by atoms with Crippen molar-refractivity contribution in [3.63, 3.8) is 0 Å². The predicted molar refractivity (Wildman–Crippen MR) is 76.2 cm³/mol. The molecule has 1 rings (SSSR count). The van der Waals surface area contributed by atoms with Crippen LogP contribution >= 0.6 is 0 Å². The molecule has 8 heteroatoms. The number of nitrogens with zero attached hydrogens (tertiary/aromatic N) is 1. The van der Waals surface area contributed by atoms with E-state index in [0.29, 0.717) is 6.42 Å². The highest BCUT2D eigenvalue weighted by Crippen LogP contribution is 2.33. The number of hydrogen-bond donors (Lipinski definition) is 1. The molecule has 8 nitrogen and oxygen atoms in total. The summed E-state index contributed by atoms with van der Waals surface area (Å²) in [4.78, 5) is 33.0. The molecule has 0 saturated heterocycles. The molecule has 0 aromatic heterocycles. The zero-order chi connectivity index (χ0) is 16.9. The molecule has 0 fully saturated rings. The van der Waals surface area contributed by atoms with Crippen molar-refractivity contribution in [2.45, 2.75) is 33.0 Å². The van der Waals surface area contributed by atoms with Crippen molar-refractivity contribution in [3.8, 4) is 5.75 Å². The number of carbonyl (C=O) groups excluding carboxylic acids is 1. The second-order valence-corrected chi connectivity index (χ2v) is 4.53. The van der Waals surface area contributed by atoms with Crippen molar-refractivity contribution >= 4 is 17.4 Å². The molecule has 1 N–H and O–H groups in total. The van der Waals surface area contributed by atoms with Gasteiger partial charge < -0.3 is 14.6 Å². The van der Waals surface area contributed by atoms with E-state index < -0.39 is 28.2 Å². The largest absolute Gasteiger partial charge is 0.490 e. The maximum absolute atomic E-state index is 11.4. The zero-order valence-electron chi connectivity index (χ0n) is 12.5. The van der Waals surface area contributed by atoms with Crippen LogP contribution < -0.4 is 4.74 Å². The number of ether oxygens (including phenoxy) is 2. The molecule has 0 aliphatic heterocycles. The van der Waals surface area contributed by atoms with E-state index in [0.717, 1.165) is 0 Å². The van der Waals surface area contributed by atoms with Gasteiger partial charge in [0.2, 0.25) is 0 Å². The van der Waals surface area contributed by atoms with Crippen molar-refractivity contribution in [3.05, 3.63) is 33.4 Å². The molecular weight excluding hydrogens is 294 g/mol. The Kier molecular flexibility index (Phi) is 6.00. The maximum Gasteiger partial charge on any atom is 0.343 e. The van der Waals surface area contributed by atoms with Gasteiger partial charge in [0.25, 0.3) is 0 Å². The van der Waals surface area contributed by atoms with Gasteiger partial charge in [-0.3, -0.25) is 14.9 Å². The van der Waals surface area contributed by atoms with Crippen LogP contribution in [-0.2, 0) is 16.1 Å². The summed E-state index contributed by atoms with van der Waals surface area (Å²) < 4.78 is 10.2. The minimum Gasteiger partial charge on any atom is -0.490 e. The van der Waals surface area contributed by atoms with Gasteiger partial charge in [-0.05, 0) is 25.0 Å². The Hall–Kier alpha value is -2.48. The summed E-state index contributed by atoms with van der Waals surface area (Å²) in [6.45, 7) is 2.90. The van der Waals surface area contributed by atoms with Gasteiger partial charge in [0.1, 0.15) is 11.7 Å². The highest BCUT2D eigenvalue weighted by molar-refractivity contribution is 5.95. The fraction of sp³-hybridized carbons (Fsp3) is 0.429. The summed E-state index contributed by atoms with van der Waals surface area (Å²) in [7, 11) is 1.22. The van der Waals surface area contributed by atoms with Crippen molar-refractivity contribution in [2.75, 3.05) is 7.11 Å². The lowest BCUT2D eigenvalue weighted by Gasteiger charge is -2.14. The predicted octanol–water partition coefficient (Wildman–Crippen LogP) is 2.19. The van der Waals surface area contributed by atoms with E-state index in [-0.39, 0.29) is 23.7 Å². The van der Waals surface area contributed by atoms with Crippen LogP contribution in [0.25, 0.3) is 0 Å². The van der Waals surface area contributed by atoms with Gasteiger partial charge in [0, 0.05) is 0 Å². The van der Waals surface area contributed by atoms with Crippen LogP contribution in [0.15, 0.2) is 12.1 Å². The topological polar surface area (TPSA) is 116 Å². The Bertz CT molecular complexity index is 597. The molecule has 0 aliphatic carbocycles. The average Bonchev–Trinajstić information content (AvgIpc) is 2.46. The summed E-state index contributed by atoms with van der Waals surface area (Å²) in [5, 5.41) is 20.4. The number of carboxylic acids is 1. The summed E-state index contributed by atoms with van der Waals surface area (Å²) >= 11 is 0. The molecule has 1 unspecified atom stereocenters. The molecule has 0 radical (unpaired) electrons. The fourth-order valence-electron chi connectivity index (χ4n) is 2.03. The zero-order valence-corrected chi connectivity index (χ0v) is 12.5. The highest BCUT2D eigenvalue weighted by atomic mass is 16.6. The number of rotatable bonds is 8. The third-order valence-electron chi connectivity index (χ3n) is 3.11. The van der Waals surface area contributed by atoms with E-state index in [4.69, 9.17) is 9.47 Å². The van der Waals surface area contributed by atoms with Crippen molar-refractivity contribution in [1.82, 2.24) is 0 Å². The summed E-state index contributed by atoms with van der Waals surface area (Å²) in [5.41, 5.74) is -1.02. The summed E-state index contributed by atoms with van der Waals surface area (Å²) in [6.07, 6.45) is -0.251. The second-order valence-electron chi connectivity index (χ2n) is 4.53. The van der Waals surface area contributed by atoms with Gasteiger partial charge in [-0.1, -0.05) is 13.0 Å². The number of nitro benzene ring substituents is 1. The number of nitro groups is 1. The SMILES string of the molecule is CCC(OCc1ccc(OC)c([N+](=O)[O-])c1C(=O)O)C(C)=O. The maximum atomic E-state index is 11.4. The van der Waals surface area contributed by atoms with Gasteiger partial charge in [0.15, 0.2) is 11.5 Å². The Morgan fingerprint density at radius 2 is 2.05 bits per heavy atom. The Balaban J connectivity index is 3.25. The molecule has 0 amide bonds. The fourth-order valence-corrected chi connectivity index (χ4v) is 2.03. The molecule has 0 spiro atoms. The third-order valence-corrected chi connectivity index (χ3v) is 3.11. The van der Waals surface area contributed by atoms with Crippen molar-refractivity contribution in [1.29, 1.82) is 0 Å². The first kappa shape index (κ1) is 17.6. The Morgan fingerprint density at radius 3 is 2.45 bits per heavy atom. The molecule has 1 aromatic rings. The van der Waals surface area contributed by atoms with E-state index in [9.17, 15) is 24.8 Å². The quantitative estimate of drug-likeness (QED) is 0.577. The number of hydrogen-bond acceptors (Lipinski definition) is 6. The van der Waals surface area contributed by atoms with Gasteiger partial charge in [-0.15, -0.1) is 0 Å². The standard InChI is InChI=1S/C14H17NO7/c1-4-10(8(2)16)22-7-9-5-6-11(21-3)13(15(19)20)12(9)14(17)18/h5-6,10H,4,7H2,1-3H3,(H,17,18). The number of carboxylic acid groups (broad SMARTS) is 1. The van der Waals surface area contributed by atoms with Gasteiger partial charge in [0.05, 0.1) is 18.6 Å². The van der Waals surface area contributed by atoms with Crippen LogP contribution in [0.3, 0.4) is 0 Å². The van der Waals surface area contributed by atoms with Crippen LogP contribution in [0.4, 0.5) is 5.69 Å². The third kappa shape index (κ3) is 3.79. The van der Waals surface area contributed by atoms with Crippen LogP contribution in [0.5, 0.6) is 5.75 Å². The van der Waals surface area contributed by atoms with Crippen LogP contribution in [0.2, 0.25) is 0 Å². The van der Waals surface area contributed by atoms with Gasteiger partial charge in [-0.2, -0.15) is 0 Å². The van der Waals surface area contributed by atoms with Crippen molar-refractivity contribution < 1.29 is 29.1 Å². The molecular formula is C14H17NO7. The lowest BCUT2D eigenvalue weighted by atomic mass is 10.0. The smallest absolute Gasteiger partial charge is 0.343 e. The van der Waals surface area contributed by atoms with Crippen molar-refractivity contribution in [2.24, 2.45) is 0 Å². The number of ketones is 1. The van der Waals surface area contributed by atoms with Crippen LogP contribution in [0.1, 0.15) is 36.2 Å². The number of aromatic carboxylic acids is 1. The monoisotopic (exact) mass is 311 g/mol. The second kappa shape index (κ2) is 7.51. The van der Waals surface area contributed by atoms with E-state index >= 15 is 0 Å².